The van der Waals surface area contributed by atoms with Crippen molar-refractivity contribution < 1.29 is 33.0 Å². The maximum atomic E-state index is 13.5. The van der Waals surface area contributed by atoms with Crippen molar-refractivity contribution in [2.75, 3.05) is 31.2 Å². The van der Waals surface area contributed by atoms with Gasteiger partial charge in [0.2, 0.25) is 11.8 Å². The molecule has 1 N–H and O–H groups in total. The van der Waals surface area contributed by atoms with Crippen LogP contribution in [-0.4, -0.2) is 60.1 Å². The zero-order valence-electron chi connectivity index (χ0n) is 15.3. The Hall–Kier alpha value is -2.55. The molecular formula is C19H22F2N2O5. The van der Waals surface area contributed by atoms with Crippen molar-refractivity contribution in [1.29, 1.82) is 0 Å². The number of benzene rings is 1. The fourth-order valence-electron chi connectivity index (χ4n) is 3.74. The van der Waals surface area contributed by atoms with Gasteiger partial charge in [0.05, 0.1) is 12.3 Å². The van der Waals surface area contributed by atoms with Crippen molar-refractivity contribution in [3.63, 3.8) is 0 Å². The summed E-state index contributed by atoms with van der Waals surface area (Å²) < 4.78 is 32.3. The van der Waals surface area contributed by atoms with Crippen LogP contribution < -0.4 is 4.90 Å². The van der Waals surface area contributed by atoms with Gasteiger partial charge in [-0.15, -0.1) is 0 Å². The van der Waals surface area contributed by atoms with E-state index in [4.69, 9.17) is 9.84 Å². The zero-order valence-corrected chi connectivity index (χ0v) is 15.3. The summed E-state index contributed by atoms with van der Waals surface area (Å²) in [5.41, 5.74) is 0.0703. The first kappa shape index (κ1) is 20.2. The van der Waals surface area contributed by atoms with Crippen LogP contribution in [0.4, 0.5) is 14.5 Å². The second kappa shape index (κ2) is 8.64. The standard InChI is InChI=1S/C19H22F2N2O5/c20-13-8-14(21)10-16(9-13)23-11-12(7-17(23)24)19(27)22(4-1-18(25)26)15-2-5-28-6-3-15/h8-10,12,15H,1-7,11H2,(H,25,26)/t12-/m1/s1. The third kappa shape index (κ3) is 4.64. The number of nitrogens with zero attached hydrogens (tertiary/aromatic N) is 2. The third-order valence-corrected chi connectivity index (χ3v) is 5.11. The number of carboxylic acids is 1. The molecule has 0 aliphatic carbocycles. The Balaban J connectivity index is 1.75. The van der Waals surface area contributed by atoms with Gasteiger partial charge in [-0.1, -0.05) is 0 Å². The van der Waals surface area contributed by atoms with Gasteiger partial charge in [-0.25, -0.2) is 8.78 Å². The van der Waals surface area contributed by atoms with E-state index in [0.29, 0.717) is 32.1 Å². The highest BCUT2D eigenvalue weighted by Gasteiger charge is 2.39. The molecule has 2 heterocycles. The molecule has 28 heavy (non-hydrogen) atoms. The summed E-state index contributed by atoms with van der Waals surface area (Å²) in [6, 6.07) is 2.67. The minimum atomic E-state index is -1.01. The van der Waals surface area contributed by atoms with Crippen LogP contribution in [0.5, 0.6) is 0 Å². The molecule has 0 bridgehead atoms. The maximum Gasteiger partial charge on any atom is 0.305 e. The molecule has 2 aliphatic rings. The van der Waals surface area contributed by atoms with E-state index >= 15 is 0 Å². The van der Waals surface area contributed by atoms with Crippen LogP contribution in [0.15, 0.2) is 18.2 Å². The molecule has 1 aromatic rings. The molecule has 1 aromatic carbocycles. The van der Waals surface area contributed by atoms with Crippen LogP contribution in [0, 0.1) is 17.6 Å². The third-order valence-electron chi connectivity index (χ3n) is 5.11. The van der Waals surface area contributed by atoms with Gasteiger partial charge in [-0.3, -0.25) is 14.4 Å². The number of hydrogen-bond acceptors (Lipinski definition) is 4. The summed E-state index contributed by atoms with van der Waals surface area (Å²) in [4.78, 5) is 39.2. The highest BCUT2D eigenvalue weighted by molar-refractivity contribution is 6.00. The number of anilines is 1. The molecule has 2 amide bonds. The average Bonchev–Trinajstić information content (AvgIpc) is 3.03. The van der Waals surface area contributed by atoms with Crippen molar-refractivity contribution in [1.82, 2.24) is 4.90 Å². The van der Waals surface area contributed by atoms with Crippen LogP contribution in [0.25, 0.3) is 0 Å². The van der Waals surface area contributed by atoms with E-state index in [1.807, 2.05) is 0 Å². The van der Waals surface area contributed by atoms with Crippen molar-refractivity contribution in [2.24, 2.45) is 5.92 Å². The van der Waals surface area contributed by atoms with E-state index in [9.17, 15) is 23.2 Å². The molecule has 7 nitrogen and oxygen atoms in total. The minimum Gasteiger partial charge on any atom is -0.481 e. The van der Waals surface area contributed by atoms with Crippen molar-refractivity contribution in [3.8, 4) is 0 Å². The van der Waals surface area contributed by atoms with Gasteiger partial charge in [0.25, 0.3) is 0 Å². The number of halogens is 2. The van der Waals surface area contributed by atoms with E-state index in [0.717, 1.165) is 12.1 Å². The Kier molecular flexibility index (Phi) is 6.23. The topological polar surface area (TPSA) is 87.2 Å². The smallest absolute Gasteiger partial charge is 0.305 e. The van der Waals surface area contributed by atoms with Gasteiger partial charge in [-0.2, -0.15) is 0 Å². The largest absolute Gasteiger partial charge is 0.481 e. The molecule has 0 spiro atoms. The summed E-state index contributed by atoms with van der Waals surface area (Å²) in [7, 11) is 0. The van der Waals surface area contributed by atoms with E-state index in [2.05, 4.69) is 0 Å². The number of carbonyl (C=O) groups is 3. The summed E-state index contributed by atoms with van der Waals surface area (Å²) in [5, 5.41) is 9.00. The molecule has 0 aromatic heterocycles. The maximum absolute atomic E-state index is 13.5. The van der Waals surface area contributed by atoms with Crippen LogP contribution in [0.3, 0.4) is 0 Å². The minimum absolute atomic E-state index is 0.00729. The molecule has 2 saturated heterocycles. The summed E-state index contributed by atoms with van der Waals surface area (Å²) in [6.45, 7) is 1.03. The molecule has 3 rings (SSSR count). The van der Waals surface area contributed by atoms with Crippen LogP contribution in [0.1, 0.15) is 25.7 Å². The fraction of sp³-hybridized carbons (Fsp3) is 0.526. The zero-order chi connectivity index (χ0) is 20.3. The van der Waals surface area contributed by atoms with Crippen molar-refractivity contribution >= 4 is 23.5 Å². The van der Waals surface area contributed by atoms with Gasteiger partial charge < -0.3 is 19.6 Å². The summed E-state index contributed by atoms with van der Waals surface area (Å²) in [5.74, 6) is -4.00. The summed E-state index contributed by atoms with van der Waals surface area (Å²) >= 11 is 0. The molecule has 2 fully saturated rings. The van der Waals surface area contributed by atoms with E-state index in [1.54, 1.807) is 0 Å². The number of carboxylic acid groups (broad SMARTS) is 1. The van der Waals surface area contributed by atoms with Gasteiger partial charge in [-0.05, 0) is 25.0 Å². The van der Waals surface area contributed by atoms with Crippen LogP contribution in [0.2, 0.25) is 0 Å². The van der Waals surface area contributed by atoms with Gasteiger partial charge in [0.1, 0.15) is 11.6 Å². The lowest BCUT2D eigenvalue weighted by Crippen LogP contribution is -2.47. The number of rotatable bonds is 6. The Morgan fingerprint density at radius 3 is 2.43 bits per heavy atom. The molecular weight excluding hydrogens is 374 g/mol. The summed E-state index contributed by atoms with van der Waals surface area (Å²) in [6.07, 6.45) is 0.933. The van der Waals surface area contributed by atoms with E-state index < -0.39 is 29.4 Å². The number of hydrogen-bond donors (Lipinski definition) is 1. The van der Waals surface area contributed by atoms with Crippen molar-refractivity contribution in [2.45, 2.75) is 31.7 Å². The van der Waals surface area contributed by atoms with Crippen molar-refractivity contribution in [3.05, 3.63) is 29.8 Å². The lowest BCUT2D eigenvalue weighted by molar-refractivity contribution is -0.142. The Morgan fingerprint density at radius 2 is 1.82 bits per heavy atom. The number of aliphatic carboxylic acids is 1. The number of amides is 2. The monoisotopic (exact) mass is 396 g/mol. The average molecular weight is 396 g/mol. The molecule has 152 valence electrons. The van der Waals surface area contributed by atoms with Gasteiger partial charge in [0, 0.05) is 50.5 Å². The molecule has 9 heteroatoms. The fourth-order valence-corrected chi connectivity index (χ4v) is 3.74. The molecule has 0 radical (unpaired) electrons. The highest BCUT2D eigenvalue weighted by Crippen LogP contribution is 2.29. The number of carbonyl (C=O) groups excluding carboxylic acids is 2. The molecule has 0 unspecified atom stereocenters. The second-order valence-electron chi connectivity index (χ2n) is 7.05. The first-order valence-corrected chi connectivity index (χ1v) is 9.21. The Labute approximate surface area is 160 Å². The molecule has 0 saturated carbocycles. The first-order valence-electron chi connectivity index (χ1n) is 9.21. The lowest BCUT2D eigenvalue weighted by atomic mass is 10.0. The normalized spacial score (nSPS) is 20.4. The Bertz CT molecular complexity index is 746. The quantitative estimate of drug-likeness (QED) is 0.792. The van der Waals surface area contributed by atoms with Gasteiger partial charge in [0.15, 0.2) is 0 Å². The van der Waals surface area contributed by atoms with Crippen LogP contribution in [-0.2, 0) is 19.1 Å². The highest BCUT2D eigenvalue weighted by atomic mass is 19.1. The van der Waals surface area contributed by atoms with E-state index in [-0.39, 0.29) is 43.6 Å². The molecule has 2 aliphatic heterocycles. The molecule has 1 atom stereocenters. The predicted molar refractivity (Wildman–Crippen MR) is 94.6 cm³/mol. The predicted octanol–water partition coefficient (Wildman–Crippen LogP) is 1.80. The van der Waals surface area contributed by atoms with Crippen LogP contribution >= 0.6 is 0 Å². The lowest BCUT2D eigenvalue weighted by Gasteiger charge is -2.35. The van der Waals surface area contributed by atoms with Gasteiger partial charge >= 0.3 is 5.97 Å². The SMILES string of the molecule is O=C(O)CCN(C(=O)[C@@H]1CC(=O)N(c2cc(F)cc(F)c2)C1)C1CCOCC1. The first-order chi connectivity index (χ1) is 13.3. The Morgan fingerprint density at radius 1 is 1.18 bits per heavy atom. The number of ether oxygens (including phenoxy) is 1. The van der Waals surface area contributed by atoms with E-state index in [1.165, 1.54) is 9.80 Å². The second-order valence-corrected chi connectivity index (χ2v) is 7.05.